The minimum atomic E-state index is 0.277. The van der Waals surface area contributed by atoms with Crippen molar-refractivity contribution in [3.05, 3.63) is 60.2 Å². The number of hydrogen-bond acceptors (Lipinski definition) is 4. The maximum absolute atomic E-state index is 12.6. The molecule has 1 saturated heterocycles. The zero-order chi connectivity index (χ0) is 18.2. The Bertz CT molecular complexity index is 677. The van der Waals surface area contributed by atoms with Gasteiger partial charge in [0.15, 0.2) is 0 Å². The molecule has 1 aliphatic rings. The molecule has 0 bridgehead atoms. The number of nitrogens with zero attached hydrogens (tertiary/aromatic N) is 4. The highest BCUT2D eigenvalue weighted by atomic mass is 16.2. The predicted molar refractivity (Wildman–Crippen MR) is 102 cm³/mol. The second-order valence-electron chi connectivity index (χ2n) is 7.26. The fourth-order valence-corrected chi connectivity index (χ4v) is 3.64. The molecule has 1 fully saturated rings. The van der Waals surface area contributed by atoms with E-state index in [0.29, 0.717) is 12.3 Å². The molecule has 1 amide bonds. The van der Waals surface area contributed by atoms with E-state index in [2.05, 4.69) is 38.9 Å². The molecule has 0 unspecified atom stereocenters. The number of hydrogen-bond donors (Lipinski definition) is 0. The highest BCUT2D eigenvalue weighted by Gasteiger charge is 2.23. The number of likely N-dealkylation sites (tertiary alicyclic amines) is 1. The maximum Gasteiger partial charge on any atom is 0.223 e. The molecule has 2 aromatic rings. The molecule has 3 heterocycles. The van der Waals surface area contributed by atoms with Crippen LogP contribution in [0.3, 0.4) is 0 Å². The first-order valence-electron chi connectivity index (χ1n) is 9.45. The van der Waals surface area contributed by atoms with Crippen molar-refractivity contribution in [3.63, 3.8) is 0 Å². The van der Waals surface area contributed by atoms with Crippen LogP contribution < -0.4 is 0 Å². The highest BCUT2D eigenvalue weighted by Crippen LogP contribution is 2.21. The number of aromatic nitrogens is 2. The predicted octanol–water partition coefficient (Wildman–Crippen LogP) is 2.78. The fraction of sp³-hybridized carbons (Fsp3) is 0.476. The molecule has 0 spiro atoms. The Labute approximate surface area is 156 Å². The van der Waals surface area contributed by atoms with Crippen LogP contribution in [0.15, 0.2) is 49.1 Å². The lowest BCUT2D eigenvalue weighted by Gasteiger charge is -2.33. The third-order valence-corrected chi connectivity index (χ3v) is 5.00. The van der Waals surface area contributed by atoms with Gasteiger partial charge >= 0.3 is 0 Å². The van der Waals surface area contributed by atoms with Crippen molar-refractivity contribution in [1.82, 2.24) is 19.8 Å². The molecule has 0 saturated carbocycles. The molecule has 1 atom stereocenters. The Balaban J connectivity index is 1.43. The lowest BCUT2D eigenvalue weighted by atomic mass is 9.92. The summed E-state index contributed by atoms with van der Waals surface area (Å²) in [7, 11) is 2.06. The van der Waals surface area contributed by atoms with Crippen molar-refractivity contribution in [2.24, 2.45) is 5.92 Å². The molecule has 0 aliphatic carbocycles. The van der Waals surface area contributed by atoms with Crippen LogP contribution in [0.25, 0.3) is 0 Å². The minimum Gasteiger partial charge on any atom is -0.342 e. The van der Waals surface area contributed by atoms with E-state index in [4.69, 9.17) is 0 Å². The van der Waals surface area contributed by atoms with E-state index in [0.717, 1.165) is 39.0 Å². The first-order chi connectivity index (χ1) is 12.7. The van der Waals surface area contributed by atoms with Crippen LogP contribution >= 0.6 is 0 Å². The number of amides is 1. The highest BCUT2D eigenvalue weighted by molar-refractivity contribution is 5.76. The standard InChI is InChI=1S/C21H28N4O/c1-24(16-20-6-3-10-23-15-20)12-8-21(26)25-11-4-7-19(17-25)13-18-5-2-9-22-14-18/h2-3,5-6,9-10,14-15,19H,4,7-8,11-13,16-17H2,1H3/t19-/m0/s1. The Hall–Kier alpha value is -2.27. The third kappa shape index (κ3) is 5.63. The fourth-order valence-electron chi connectivity index (χ4n) is 3.64. The van der Waals surface area contributed by atoms with Crippen molar-refractivity contribution in [2.45, 2.75) is 32.2 Å². The average molecular weight is 352 g/mol. The Morgan fingerprint density at radius 1 is 1.19 bits per heavy atom. The lowest BCUT2D eigenvalue weighted by molar-refractivity contribution is -0.133. The largest absolute Gasteiger partial charge is 0.342 e. The zero-order valence-corrected chi connectivity index (χ0v) is 15.6. The summed E-state index contributed by atoms with van der Waals surface area (Å²) in [5, 5.41) is 0. The number of carbonyl (C=O) groups excluding carboxylic acids is 1. The van der Waals surface area contributed by atoms with E-state index in [-0.39, 0.29) is 5.91 Å². The molecule has 138 valence electrons. The zero-order valence-electron chi connectivity index (χ0n) is 15.6. The van der Waals surface area contributed by atoms with E-state index >= 15 is 0 Å². The molecule has 0 aromatic carbocycles. The van der Waals surface area contributed by atoms with Crippen LogP contribution in [0.4, 0.5) is 0 Å². The molecule has 2 aromatic heterocycles. The van der Waals surface area contributed by atoms with Gasteiger partial charge in [0.25, 0.3) is 0 Å². The van der Waals surface area contributed by atoms with Gasteiger partial charge in [-0.15, -0.1) is 0 Å². The molecule has 0 N–H and O–H groups in total. The Morgan fingerprint density at radius 3 is 2.62 bits per heavy atom. The smallest absolute Gasteiger partial charge is 0.223 e. The summed E-state index contributed by atoms with van der Waals surface area (Å²) < 4.78 is 0. The summed E-state index contributed by atoms with van der Waals surface area (Å²) in [5.41, 5.74) is 2.44. The monoisotopic (exact) mass is 352 g/mol. The Morgan fingerprint density at radius 2 is 1.92 bits per heavy atom. The van der Waals surface area contributed by atoms with Crippen molar-refractivity contribution in [2.75, 3.05) is 26.7 Å². The van der Waals surface area contributed by atoms with E-state index < -0.39 is 0 Å². The van der Waals surface area contributed by atoms with Gasteiger partial charge in [-0.3, -0.25) is 14.8 Å². The van der Waals surface area contributed by atoms with Gasteiger partial charge in [0.2, 0.25) is 5.91 Å². The second-order valence-corrected chi connectivity index (χ2v) is 7.26. The first-order valence-corrected chi connectivity index (χ1v) is 9.45. The van der Waals surface area contributed by atoms with Crippen LogP contribution in [0, 0.1) is 5.92 Å². The summed E-state index contributed by atoms with van der Waals surface area (Å²) >= 11 is 0. The van der Waals surface area contributed by atoms with Gasteiger partial charge in [-0.05, 0) is 55.5 Å². The van der Waals surface area contributed by atoms with Crippen LogP contribution in [0.5, 0.6) is 0 Å². The number of rotatable bonds is 7. The van der Waals surface area contributed by atoms with E-state index in [9.17, 15) is 4.79 Å². The van der Waals surface area contributed by atoms with Gasteiger partial charge in [0.1, 0.15) is 0 Å². The van der Waals surface area contributed by atoms with Crippen molar-refractivity contribution < 1.29 is 4.79 Å². The normalized spacial score (nSPS) is 17.5. The van der Waals surface area contributed by atoms with E-state index in [1.807, 2.05) is 30.7 Å². The van der Waals surface area contributed by atoms with Crippen molar-refractivity contribution in [3.8, 4) is 0 Å². The summed E-state index contributed by atoms with van der Waals surface area (Å²) in [5.74, 6) is 0.823. The van der Waals surface area contributed by atoms with Crippen molar-refractivity contribution in [1.29, 1.82) is 0 Å². The molecule has 1 aliphatic heterocycles. The maximum atomic E-state index is 12.6. The van der Waals surface area contributed by atoms with Crippen molar-refractivity contribution >= 4 is 5.91 Å². The molecular weight excluding hydrogens is 324 g/mol. The summed E-state index contributed by atoms with van der Waals surface area (Å²) in [6, 6.07) is 8.13. The average Bonchev–Trinajstić information content (AvgIpc) is 2.68. The third-order valence-electron chi connectivity index (χ3n) is 5.00. The van der Waals surface area contributed by atoms with Crippen LogP contribution in [0.1, 0.15) is 30.4 Å². The molecule has 26 heavy (non-hydrogen) atoms. The van der Waals surface area contributed by atoms with Crippen LogP contribution in [0.2, 0.25) is 0 Å². The topological polar surface area (TPSA) is 49.3 Å². The molecule has 5 nitrogen and oxygen atoms in total. The lowest BCUT2D eigenvalue weighted by Crippen LogP contribution is -2.41. The van der Waals surface area contributed by atoms with Gasteiger partial charge in [-0.2, -0.15) is 0 Å². The number of carbonyl (C=O) groups is 1. The van der Waals surface area contributed by atoms with Gasteiger partial charge in [0, 0.05) is 57.4 Å². The SMILES string of the molecule is CN(CCC(=O)N1CCC[C@@H](Cc2cccnc2)C1)Cc1cccnc1. The minimum absolute atomic E-state index is 0.277. The van der Waals surface area contributed by atoms with Gasteiger partial charge in [0.05, 0.1) is 0 Å². The van der Waals surface area contributed by atoms with Crippen LogP contribution in [-0.2, 0) is 17.8 Å². The molecule has 5 heteroatoms. The summed E-state index contributed by atoms with van der Waals surface area (Å²) in [6.07, 6.45) is 11.3. The van der Waals surface area contributed by atoms with Crippen LogP contribution in [-0.4, -0.2) is 52.4 Å². The molecule has 0 radical (unpaired) electrons. The number of pyridine rings is 2. The van der Waals surface area contributed by atoms with Gasteiger partial charge < -0.3 is 9.80 Å². The number of piperidine rings is 1. The Kier molecular flexibility index (Phi) is 6.72. The van der Waals surface area contributed by atoms with Gasteiger partial charge in [-0.1, -0.05) is 12.1 Å². The second kappa shape index (κ2) is 9.43. The van der Waals surface area contributed by atoms with E-state index in [1.165, 1.54) is 17.5 Å². The summed E-state index contributed by atoms with van der Waals surface area (Å²) in [4.78, 5) is 25.2. The molecule has 3 rings (SSSR count). The first kappa shape index (κ1) is 18.5. The quantitative estimate of drug-likeness (QED) is 0.769. The summed E-state index contributed by atoms with van der Waals surface area (Å²) in [6.45, 7) is 3.37. The molecular formula is C21H28N4O. The van der Waals surface area contributed by atoms with E-state index in [1.54, 1.807) is 6.20 Å². The van der Waals surface area contributed by atoms with Gasteiger partial charge in [-0.25, -0.2) is 0 Å².